The van der Waals surface area contributed by atoms with Gasteiger partial charge < -0.3 is 10.6 Å². The van der Waals surface area contributed by atoms with Crippen molar-refractivity contribution in [3.05, 3.63) is 84.1 Å². The predicted molar refractivity (Wildman–Crippen MR) is 114 cm³/mol. The van der Waals surface area contributed by atoms with E-state index in [9.17, 15) is 9.59 Å². The lowest BCUT2D eigenvalue weighted by atomic mass is 10.1. The van der Waals surface area contributed by atoms with Crippen molar-refractivity contribution in [1.29, 1.82) is 0 Å². The first-order valence-electron chi connectivity index (χ1n) is 8.88. The van der Waals surface area contributed by atoms with Gasteiger partial charge in [-0.2, -0.15) is 0 Å². The van der Waals surface area contributed by atoms with Gasteiger partial charge in [-0.1, -0.05) is 24.3 Å². The quantitative estimate of drug-likeness (QED) is 0.594. The first kappa shape index (κ1) is 19.6. The number of carbonyl (C=O) groups excluding carboxylic acids is 2. The van der Waals surface area contributed by atoms with E-state index in [4.69, 9.17) is 0 Å². The summed E-state index contributed by atoms with van der Waals surface area (Å²) in [6.07, 6.45) is 1.64. The van der Waals surface area contributed by atoms with E-state index in [1.165, 1.54) is 11.8 Å². The maximum absolute atomic E-state index is 12.4. The van der Waals surface area contributed by atoms with Crippen molar-refractivity contribution in [1.82, 2.24) is 4.98 Å². The van der Waals surface area contributed by atoms with Gasteiger partial charge >= 0.3 is 0 Å². The number of amides is 2. The monoisotopic (exact) mass is 391 g/mol. The predicted octanol–water partition coefficient (Wildman–Crippen LogP) is 4.76. The fourth-order valence-electron chi connectivity index (χ4n) is 2.57. The van der Waals surface area contributed by atoms with Crippen LogP contribution in [0.25, 0.3) is 0 Å². The maximum Gasteiger partial charge on any atom is 0.255 e. The standard InChI is InChI=1S/C22H21N3O2S/c1-15-7-3-4-8-19(15)22(27)24-17-10-12-18(13-11-17)28-16(2)21(26)25-20-9-5-6-14-23-20/h3-14,16H,1-2H3,(H,24,27)(H,23,25,26). The number of hydrogen-bond donors (Lipinski definition) is 2. The van der Waals surface area contributed by atoms with Crippen LogP contribution in [0, 0.1) is 6.92 Å². The van der Waals surface area contributed by atoms with E-state index in [1.54, 1.807) is 24.4 Å². The largest absolute Gasteiger partial charge is 0.322 e. The molecule has 1 heterocycles. The van der Waals surface area contributed by atoms with E-state index >= 15 is 0 Å². The fourth-order valence-corrected chi connectivity index (χ4v) is 3.43. The Morgan fingerprint density at radius 1 is 0.929 bits per heavy atom. The Labute approximate surface area is 168 Å². The molecule has 1 unspecified atom stereocenters. The van der Waals surface area contributed by atoms with E-state index in [0.29, 0.717) is 17.1 Å². The molecule has 2 N–H and O–H groups in total. The molecule has 0 spiro atoms. The summed E-state index contributed by atoms with van der Waals surface area (Å²) in [5, 5.41) is 5.41. The minimum Gasteiger partial charge on any atom is -0.322 e. The van der Waals surface area contributed by atoms with Crippen molar-refractivity contribution in [3.8, 4) is 0 Å². The zero-order chi connectivity index (χ0) is 19.9. The highest BCUT2D eigenvalue weighted by Gasteiger charge is 2.15. The Balaban J connectivity index is 1.57. The average Bonchev–Trinajstić information content (AvgIpc) is 2.70. The normalized spacial score (nSPS) is 11.5. The molecule has 142 valence electrons. The van der Waals surface area contributed by atoms with Crippen molar-refractivity contribution in [2.45, 2.75) is 24.0 Å². The SMILES string of the molecule is Cc1ccccc1C(=O)Nc1ccc(SC(C)C(=O)Nc2ccccn2)cc1. The summed E-state index contributed by atoms with van der Waals surface area (Å²) in [5.41, 5.74) is 2.30. The summed E-state index contributed by atoms with van der Waals surface area (Å²) < 4.78 is 0. The van der Waals surface area contributed by atoms with Crippen LogP contribution in [-0.2, 0) is 4.79 Å². The van der Waals surface area contributed by atoms with Gasteiger partial charge in [0.2, 0.25) is 5.91 Å². The maximum atomic E-state index is 12.4. The van der Waals surface area contributed by atoms with E-state index < -0.39 is 0 Å². The van der Waals surface area contributed by atoms with Gasteiger partial charge in [-0.05, 0) is 61.9 Å². The lowest BCUT2D eigenvalue weighted by Crippen LogP contribution is -2.22. The third-order valence-electron chi connectivity index (χ3n) is 4.10. The molecule has 28 heavy (non-hydrogen) atoms. The Hall–Kier alpha value is -3.12. The van der Waals surface area contributed by atoms with E-state index in [2.05, 4.69) is 15.6 Å². The van der Waals surface area contributed by atoms with Crippen molar-refractivity contribution in [2.24, 2.45) is 0 Å². The zero-order valence-electron chi connectivity index (χ0n) is 15.7. The molecule has 3 rings (SSSR count). The molecule has 3 aromatic rings. The molecule has 2 aromatic carbocycles. The van der Waals surface area contributed by atoms with Crippen LogP contribution >= 0.6 is 11.8 Å². The topological polar surface area (TPSA) is 71.1 Å². The van der Waals surface area contributed by atoms with Crippen LogP contribution in [0.1, 0.15) is 22.8 Å². The number of aromatic nitrogens is 1. The molecule has 1 aromatic heterocycles. The molecule has 0 aliphatic rings. The molecule has 0 fully saturated rings. The molecule has 2 amide bonds. The molecule has 5 nitrogen and oxygen atoms in total. The third-order valence-corrected chi connectivity index (χ3v) is 5.21. The van der Waals surface area contributed by atoms with Crippen molar-refractivity contribution < 1.29 is 9.59 Å². The Bertz CT molecular complexity index is 959. The highest BCUT2D eigenvalue weighted by Crippen LogP contribution is 2.25. The summed E-state index contributed by atoms with van der Waals surface area (Å²) in [6.45, 7) is 3.75. The summed E-state index contributed by atoms with van der Waals surface area (Å²) in [7, 11) is 0. The van der Waals surface area contributed by atoms with E-state index in [-0.39, 0.29) is 17.1 Å². The van der Waals surface area contributed by atoms with Gasteiger partial charge in [0.1, 0.15) is 5.82 Å². The number of benzene rings is 2. The second-order valence-corrected chi connectivity index (χ2v) is 7.67. The molecule has 0 aliphatic heterocycles. The van der Waals surface area contributed by atoms with Crippen LogP contribution in [0.4, 0.5) is 11.5 Å². The molecule has 0 saturated carbocycles. The van der Waals surface area contributed by atoms with Crippen LogP contribution in [0.5, 0.6) is 0 Å². The number of thioether (sulfide) groups is 1. The lowest BCUT2D eigenvalue weighted by Gasteiger charge is -2.12. The molecular formula is C22H21N3O2S. The van der Waals surface area contributed by atoms with Gasteiger partial charge in [0.05, 0.1) is 5.25 Å². The Morgan fingerprint density at radius 3 is 2.32 bits per heavy atom. The van der Waals surface area contributed by atoms with Gasteiger partial charge in [0.25, 0.3) is 5.91 Å². The second-order valence-electron chi connectivity index (χ2n) is 6.26. The van der Waals surface area contributed by atoms with Crippen molar-refractivity contribution in [2.75, 3.05) is 10.6 Å². The third kappa shape index (κ3) is 5.20. The number of anilines is 2. The number of nitrogens with zero attached hydrogens (tertiary/aromatic N) is 1. The van der Waals surface area contributed by atoms with Gasteiger partial charge in [0.15, 0.2) is 0 Å². The second kappa shape index (κ2) is 9.19. The lowest BCUT2D eigenvalue weighted by molar-refractivity contribution is -0.115. The van der Waals surface area contributed by atoms with Crippen LogP contribution in [0.15, 0.2) is 77.8 Å². The van der Waals surface area contributed by atoms with Gasteiger partial charge in [-0.15, -0.1) is 11.8 Å². The van der Waals surface area contributed by atoms with Crippen molar-refractivity contribution >= 4 is 35.1 Å². The summed E-state index contributed by atoms with van der Waals surface area (Å²) in [4.78, 5) is 29.7. The molecular weight excluding hydrogens is 370 g/mol. The van der Waals surface area contributed by atoms with Gasteiger partial charge in [-0.3, -0.25) is 9.59 Å². The summed E-state index contributed by atoms with van der Waals surface area (Å²) in [6, 6.07) is 20.3. The number of rotatable bonds is 6. The van der Waals surface area contributed by atoms with Crippen LogP contribution < -0.4 is 10.6 Å². The fraction of sp³-hybridized carbons (Fsp3) is 0.136. The van der Waals surface area contributed by atoms with E-state index in [0.717, 1.165) is 10.5 Å². The minimum absolute atomic E-state index is 0.111. The molecule has 6 heteroatoms. The molecule has 0 saturated heterocycles. The summed E-state index contributed by atoms with van der Waals surface area (Å²) in [5.74, 6) is 0.288. The number of pyridine rings is 1. The number of hydrogen-bond acceptors (Lipinski definition) is 4. The molecule has 1 atom stereocenters. The van der Waals surface area contributed by atoms with E-state index in [1.807, 2.05) is 62.4 Å². The molecule has 0 aliphatic carbocycles. The smallest absolute Gasteiger partial charge is 0.255 e. The number of nitrogens with one attached hydrogen (secondary N) is 2. The number of carbonyl (C=O) groups is 2. The van der Waals surface area contributed by atoms with Crippen LogP contribution in [-0.4, -0.2) is 22.0 Å². The Kier molecular flexibility index (Phi) is 6.45. The summed E-state index contributed by atoms with van der Waals surface area (Å²) >= 11 is 1.44. The van der Waals surface area contributed by atoms with Crippen LogP contribution in [0.2, 0.25) is 0 Å². The zero-order valence-corrected chi connectivity index (χ0v) is 16.5. The molecule has 0 bridgehead atoms. The highest BCUT2D eigenvalue weighted by atomic mass is 32.2. The molecule has 0 radical (unpaired) electrons. The highest BCUT2D eigenvalue weighted by molar-refractivity contribution is 8.00. The number of aryl methyl sites for hydroxylation is 1. The first-order valence-corrected chi connectivity index (χ1v) is 9.76. The van der Waals surface area contributed by atoms with Gasteiger partial charge in [0, 0.05) is 22.3 Å². The Morgan fingerprint density at radius 2 is 1.64 bits per heavy atom. The minimum atomic E-state index is -0.283. The average molecular weight is 391 g/mol. The van der Waals surface area contributed by atoms with Crippen molar-refractivity contribution in [3.63, 3.8) is 0 Å². The van der Waals surface area contributed by atoms with Gasteiger partial charge in [-0.25, -0.2) is 4.98 Å². The first-order chi connectivity index (χ1) is 13.5. The van der Waals surface area contributed by atoms with Crippen LogP contribution in [0.3, 0.4) is 0 Å².